The minimum Gasteiger partial charge on any atom is -0.356 e. The third kappa shape index (κ3) is 5.44. The highest BCUT2D eigenvalue weighted by molar-refractivity contribution is 6.00. The van der Waals surface area contributed by atoms with E-state index in [1.54, 1.807) is 0 Å². The number of anilines is 1. The van der Waals surface area contributed by atoms with Crippen molar-refractivity contribution < 1.29 is 0 Å². The maximum Gasteiger partial charge on any atom is 0.137 e. The zero-order valence-corrected chi connectivity index (χ0v) is 23.1. The van der Waals surface area contributed by atoms with Crippen molar-refractivity contribution in [2.75, 3.05) is 31.1 Å². The fourth-order valence-electron chi connectivity index (χ4n) is 6.27. The summed E-state index contributed by atoms with van der Waals surface area (Å²) in [5.41, 5.74) is 7.66. The maximum atomic E-state index is 4.77. The number of nitrogens with one attached hydrogen (secondary N) is 3. The molecule has 1 aromatic carbocycles. The number of fused-ring (bicyclic) bond motifs is 2. The quantitative estimate of drug-likeness (QED) is 0.201. The van der Waals surface area contributed by atoms with Crippen molar-refractivity contribution in [3.8, 4) is 11.4 Å². The van der Waals surface area contributed by atoms with E-state index in [0.717, 1.165) is 65.7 Å². The molecule has 4 aromatic rings. The Morgan fingerprint density at radius 2 is 1.90 bits per heavy atom. The summed E-state index contributed by atoms with van der Waals surface area (Å²) in [6.45, 7) is 10.3. The van der Waals surface area contributed by atoms with Gasteiger partial charge in [0.15, 0.2) is 0 Å². The summed E-state index contributed by atoms with van der Waals surface area (Å²) in [6, 6.07) is 10.8. The van der Waals surface area contributed by atoms with Gasteiger partial charge in [0, 0.05) is 36.6 Å². The maximum absolute atomic E-state index is 4.77. The van der Waals surface area contributed by atoms with Gasteiger partial charge in [0.05, 0.1) is 16.7 Å². The van der Waals surface area contributed by atoms with Crippen LogP contribution in [0.1, 0.15) is 57.4 Å². The lowest BCUT2D eigenvalue weighted by molar-refractivity contribution is 0.503. The smallest absolute Gasteiger partial charge is 0.137 e. The van der Waals surface area contributed by atoms with Crippen molar-refractivity contribution >= 4 is 33.2 Å². The average molecular weight is 521 g/mol. The van der Waals surface area contributed by atoms with Crippen molar-refractivity contribution in [3.05, 3.63) is 72.5 Å². The summed E-state index contributed by atoms with van der Waals surface area (Å²) in [6.07, 6.45) is 17.6. The predicted octanol–water partition coefficient (Wildman–Crippen LogP) is 7.39. The Morgan fingerprint density at radius 1 is 1.05 bits per heavy atom. The van der Waals surface area contributed by atoms with Crippen LogP contribution < -0.4 is 10.2 Å². The number of aromatic nitrogens is 4. The predicted molar refractivity (Wildman–Crippen MR) is 164 cm³/mol. The van der Waals surface area contributed by atoms with Crippen molar-refractivity contribution in [2.45, 2.75) is 51.9 Å². The molecule has 6 nitrogen and oxygen atoms in total. The Hall–Kier alpha value is -3.64. The van der Waals surface area contributed by atoms with E-state index >= 15 is 0 Å². The van der Waals surface area contributed by atoms with Gasteiger partial charge in [0.25, 0.3) is 0 Å². The average Bonchev–Trinajstić information content (AvgIpc) is 3.74. The molecule has 1 aliphatic heterocycles. The highest BCUT2D eigenvalue weighted by Gasteiger charge is 2.19. The first kappa shape index (κ1) is 25.6. The molecule has 4 heterocycles. The number of nitrogens with zero attached hydrogens (tertiary/aromatic N) is 3. The molecule has 0 amide bonds. The molecule has 0 bridgehead atoms. The molecule has 0 unspecified atom stereocenters. The molecule has 39 heavy (non-hydrogen) atoms. The zero-order chi connectivity index (χ0) is 26.6. The van der Waals surface area contributed by atoms with Crippen molar-refractivity contribution in [1.82, 2.24) is 25.5 Å². The Kier molecular flexibility index (Phi) is 7.64. The van der Waals surface area contributed by atoms with E-state index in [9.17, 15) is 0 Å². The second-order valence-electron chi connectivity index (χ2n) is 11.1. The van der Waals surface area contributed by atoms with Crippen molar-refractivity contribution in [3.63, 3.8) is 0 Å². The van der Waals surface area contributed by atoms with Crippen LogP contribution in [0, 0.1) is 5.92 Å². The van der Waals surface area contributed by atoms with Crippen LogP contribution in [0.15, 0.2) is 66.9 Å². The third-order valence-electron chi connectivity index (χ3n) is 8.48. The number of piperidine rings is 1. The van der Waals surface area contributed by atoms with Crippen molar-refractivity contribution in [2.24, 2.45) is 5.92 Å². The Balaban J connectivity index is 1.28. The van der Waals surface area contributed by atoms with E-state index in [0.29, 0.717) is 0 Å². The Labute approximate surface area is 231 Å². The molecule has 1 saturated heterocycles. The molecule has 0 radical (unpaired) electrons. The molecule has 3 N–H and O–H groups in total. The molecule has 3 aromatic heterocycles. The van der Waals surface area contributed by atoms with Gasteiger partial charge in [0.2, 0.25) is 0 Å². The van der Waals surface area contributed by atoms with Gasteiger partial charge in [0.1, 0.15) is 11.5 Å². The van der Waals surface area contributed by atoms with E-state index < -0.39 is 0 Å². The second-order valence-corrected chi connectivity index (χ2v) is 11.1. The number of benzene rings is 1. The largest absolute Gasteiger partial charge is 0.356 e. The fraction of sp³-hybridized carbons (Fsp3) is 0.394. The highest BCUT2D eigenvalue weighted by Crippen LogP contribution is 2.34. The molecule has 0 atom stereocenters. The third-order valence-corrected chi connectivity index (χ3v) is 8.48. The van der Waals surface area contributed by atoms with E-state index in [1.807, 2.05) is 12.3 Å². The minimum absolute atomic E-state index is 0.829. The van der Waals surface area contributed by atoms with Gasteiger partial charge in [-0.05, 0) is 92.5 Å². The number of hydrogen-bond donors (Lipinski definition) is 3. The number of hydrogen-bond acceptors (Lipinski definition) is 4. The summed E-state index contributed by atoms with van der Waals surface area (Å²) < 4.78 is 0. The van der Waals surface area contributed by atoms with Crippen LogP contribution in [0.2, 0.25) is 0 Å². The topological polar surface area (TPSA) is 72.6 Å². The van der Waals surface area contributed by atoms with Gasteiger partial charge < -0.3 is 15.2 Å². The summed E-state index contributed by atoms with van der Waals surface area (Å²) in [7, 11) is 0. The number of rotatable bonds is 9. The van der Waals surface area contributed by atoms with E-state index in [-0.39, 0.29) is 0 Å². The lowest BCUT2D eigenvalue weighted by Crippen LogP contribution is -2.30. The molecule has 1 saturated carbocycles. The monoisotopic (exact) mass is 520 g/mol. The summed E-state index contributed by atoms with van der Waals surface area (Å²) in [5, 5.41) is 13.9. The van der Waals surface area contributed by atoms with E-state index in [2.05, 4.69) is 76.3 Å². The molecule has 6 heteroatoms. The van der Waals surface area contributed by atoms with Crippen LogP contribution in [0.3, 0.4) is 0 Å². The molecule has 2 fully saturated rings. The first-order valence-electron chi connectivity index (χ1n) is 14.6. The highest BCUT2D eigenvalue weighted by atomic mass is 15.2. The standard InChI is InChI=1S/C33H40N6/c1-3-23(21-34-22-24-10-6-7-11-24)18-25(4-2)26-12-13-30-27(19-26)32(38-37-30)31-20-28-29(36-31)14-15-35-33(28)39-16-8-5-9-17-39/h3-4,12-15,18-20,24,34,36H,1,5-11,16-17,21-22H2,2H3,(H,37,38)/b23-18+,25-4+. The van der Waals surface area contributed by atoms with Crippen LogP contribution in [-0.2, 0) is 0 Å². The zero-order valence-electron chi connectivity index (χ0n) is 23.1. The number of allylic oxidation sites excluding steroid dienone is 3. The van der Waals surface area contributed by atoms with E-state index in [4.69, 9.17) is 10.1 Å². The van der Waals surface area contributed by atoms with E-state index in [1.165, 1.54) is 67.0 Å². The van der Waals surface area contributed by atoms with Gasteiger partial charge in [-0.2, -0.15) is 5.10 Å². The minimum atomic E-state index is 0.829. The van der Waals surface area contributed by atoms with Crippen molar-refractivity contribution in [1.29, 1.82) is 0 Å². The lowest BCUT2D eigenvalue weighted by atomic mass is 10.00. The first-order chi connectivity index (χ1) is 19.2. The van der Waals surface area contributed by atoms with Gasteiger partial charge in [-0.25, -0.2) is 4.98 Å². The Morgan fingerprint density at radius 3 is 2.69 bits per heavy atom. The van der Waals surface area contributed by atoms with Crippen LogP contribution in [0.25, 0.3) is 38.8 Å². The fourth-order valence-corrected chi connectivity index (χ4v) is 6.27. The molecular formula is C33H40N6. The van der Waals surface area contributed by atoms with Crippen LogP contribution in [-0.4, -0.2) is 46.3 Å². The SMILES string of the molecule is C=C/C(=C\C(=C/C)c1ccc2[nH]nc(-c3cc4c(N5CCCCC5)nccc4[nH]3)c2c1)CNCC1CCCC1. The van der Waals surface area contributed by atoms with Gasteiger partial charge in [-0.3, -0.25) is 5.10 Å². The molecular weight excluding hydrogens is 480 g/mol. The van der Waals surface area contributed by atoms with Gasteiger partial charge in [-0.1, -0.05) is 43.7 Å². The second kappa shape index (κ2) is 11.6. The summed E-state index contributed by atoms with van der Waals surface area (Å²) >= 11 is 0. The number of aromatic amines is 2. The summed E-state index contributed by atoms with van der Waals surface area (Å²) in [4.78, 5) is 10.8. The number of pyridine rings is 1. The molecule has 0 spiro atoms. The molecule has 6 rings (SSSR count). The van der Waals surface area contributed by atoms with Gasteiger partial charge in [-0.15, -0.1) is 0 Å². The Bertz CT molecular complexity index is 1510. The van der Waals surface area contributed by atoms with Crippen LogP contribution in [0.5, 0.6) is 0 Å². The molecule has 1 aliphatic carbocycles. The van der Waals surface area contributed by atoms with Gasteiger partial charge >= 0.3 is 0 Å². The molecule has 2 aliphatic rings. The normalized spacial score (nSPS) is 17.5. The number of H-pyrrole nitrogens is 2. The lowest BCUT2D eigenvalue weighted by Gasteiger charge is -2.28. The summed E-state index contributed by atoms with van der Waals surface area (Å²) in [5.74, 6) is 1.91. The molecule has 202 valence electrons. The van der Waals surface area contributed by atoms with Crippen LogP contribution in [0.4, 0.5) is 5.82 Å². The first-order valence-corrected chi connectivity index (χ1v) is 14.6. The van der Waals surface area contributed by atoms with Crippen LogP contribution >= 0.6 is 0 Å².